The topological polar surface area (TPSA) is 149 Å². The van der Waals surface area contributed by atoms with Crippen LogP contribution >= 0.6 is 7.82 Å². The molecule has 0 heterocycles. The highest BCUT2D eigenvalue weighted by Crippen LogP contribution is 2.49. The zero-order chi connectivity index (χ0) is 40.3. The number of hydrogen-bond acceptors (Lipinski definition) is 9. The number of Topliss-reactive ketones (excluding diaryl/α,β-unsaturated/α-hetero) is 1. The van der Waals surface area contributed by atoms with Crippen LogP contribution < -0.4 is 10.6 Å². The van der Waals surface area contributed by atoms with Crippen molar-refractivity contribution in [2.45, 2.75) is 213 Å². The number of ketones is 1. The number of carbonyl (C=O) groups excluding carboxylic acids is 3. The van der Waals surface area contributed by atoms with Crippen LogP contribution in [0.25, 0.3) is 0 Å². The van der Waals surface area contributed by atoms with Gasteiger partial charge in [0.15, 0.2) is 5.78 Å². The van der Waals surface area contributed by atoms with Crippen LogP contribution in [-0.2, 0) is 32.5 Å². The van der Waals surface area contributed by atoms with E-state index >= 15 is 0 Å². The number of ether oxygens (including phenoxy) is 1. The van der Waals surface area contributed by atoms with Crippen molar-refractivity contribution in [3.05, 3.63) is 12.7 Å². The Morgan fingerprint density at radius 2 is 1.20 bits per heavy atom. The minimum Gasteiger partial charge on any atom is -0.444 e. The molecule has 0 aromatic heterocycles. The third-order valence-corrected chi connectivity index (χ3v) is 10.5. The molecule has 0 saturated carbocycles. The van der Waals surface area contributed by atoms with E-state index in [-0.39, 0.29) is 44.3 Å². The summed E-state index contributed by atoms with van der Waals surface area (Å²) in [4.78, 5) is 38.3. The molecule has 3 atom stereocenters. The zero-order valence-electron chi connectivity index (χ0n) is 35.1. The van der Waals surface area contributed by atoms with Gasteiger partial charge in [-0.1, -0.05) is 142 Å². The number of phosphoric acid groups is 1. The summed E-state index contributed by atoms with van der Waals surface area (Å²) >= 11 is 0. The summed E-state index contributed by atoms with van der Waals surface area (Å²) in [6.45, 7) is 12.4. The summed E-state index contributed by atoms with van der Waals surface area (Å²) in [5, 5.41) is 15.9. The number of nitrogens with one attached hydrogen (secondary N) is 2. The third kappa shape index (κ3) is 33.5. The van der Waals surface area contributed by atoms with Crippen molar-refractivity contribution >= 4 is 25.6 Å². The lowest BCUT2D eigenvalue weighted by atomic mass is 10.0. The van der Waals surface area contributed by atoms with Gasteiger partial charge in [0.2, 0.25) is 5.91 Å². The Bertz CT molecular complexity index is 1000. The molecule has 0 fully saturated rings. The van der Waals surface area contributed by atoms with Crippen molar-refractivity contribution in [1.82, 2.24) is 10.6 Å². The first-order valence-corrected chi connectivity index (χ1v) is 22.9. The van der Waals surface area contributed by atoms with Gasteiger partial charge in [0.1, 0.15) is 11.6 Å². The minimum atomic E-state index is -4.20. The van der Waals surface area contributed by atoms with Gasteiger partial charge in [0.05, 0.1) is 25.9 Å². The molecular weight excluding hydrogens is 707 g/mol. The lowest BCUT2D eigenvalue weighted by molar-refractivity contribution is -0.128. The number of amides is 2. The maximum Gasteiger partial charge on any atom is 0.475 e. The van der Waals surface area contributed by atoms with Crippen molar-refractivity contribution in [2.75, 3.05) is 26.4 Å². The first kappa shape index (κ1) is 52.2. The van der Waals surface area contributed by atoms with Crippen LogP contribution in [0, 0.1) is 0 Å². The van der Waals surface area contributed by atoms with Gasteiger partial charge in [0.25, 0.3) is 0 Å². The fourth-order valence-electron chi connectivity index (χ4n) is 6.00. The predicted molar refractivity (Wildman–Crippen MR) is 220 cm³/mol. The minimum absolute atomic E-state index is 0.0287. The van der Waals surface area contributed by atoms with Crippen LogP contribution in [-0.4, -0.2) is 67.0 Å². The van der Waals surface area contributed by atoms with E-state index in [1.165, 1.54) is 96.0 Å². The molecule has 0 aromatic rings. The van der Waals surface area contributed by atoms with Crippen LogP contribution in [0.15, 0.2) is 12.7 Å². The molecule has 0 bridgehead atoms. The van der Waals surface area contributed by atoms with Gasteiger partial charge in [-0.05, 0) is 46.5 Å². The van der Waals surface area contributed by atoms with Gasteiger partial charge in [-0.15, -0.1) is 6.58 Å². The maximum absolute atomic E-state index is 13.4. The maximum atomic E-state index is 13.4. The quantitative estimate of drug-likeness (QED) is 0.0316. The highest BCUT2D eigenvalue weighted by molar-refractivity contribution is 7.48. The second-order valence-electron chi connectivity index (χ2n) is 15.6. The number of phosphoric ester groups is 1. The van der Waals surface area contributed by atoms with E-state index in [9.17, 15) is 24.1 Å². The second kappa shape index (κ2) is 34.5. The number of rotatable bonds is 38. The highest BCUT2D eigenvalue weighted by atomic mass is 31.2. The smallest absolute Gasteiger partial charge is 0.444 e. The molecular formula is C42H81N2O9P. The number of aliphatic hydroxyl groups is 1. The van der Waals surface area contributed by atoms with Crippen molar-refractivity contribution in [2.24, 2.45) is 0 Å². The van der Waals surface area contributed by atoms with Gasteiger partial charge < -0.3 is 20.5 Å². The van der Waals surface area contributed by atoms with E-state index in [1.807, 2.05) is 0 Å². The Balaban J connectivity index is 4.97. The molecule has 0 saturated heterocycles. The fourth-order valence-corrected chi connectivity index (χ4v) is 7.16. The molecule has 54 heavy (non-hydrogen) atoms. The Kier molecular flexibility index (Phi) is 33.3. The Labute approximate surface area is 329 Å². The molecule has 11 nitrogen and oxygen atoms in total. The molecule has 0 aliphatic carbocycles. The van der Waals surface area contributed by atoms with Gasteiger partial charge in [-0.2, -0.15) is 0 Å². The second-order valence-corrected chi connectivity index (χ2v) is 17.3. The number of aliphatic hydroxyl groups excluding tert-OH is 1. The van der Waals surface area contributed by atoms with Crippen molar-refractivity contribution in [1.29, 1.82) is 0 Å². The number of hydrogen-bond donors (Lipinski definition) is 3. The molecule has 0 radical (unpaired) electrons. The van der Waals surface area contributed by atoms with Crippen molar-refractivity contribution < 1.29 is 42.4 Å². The van der Waals surface area contributed by atoms with E-state index in [1.54, 1.807) is 20.8 Å². The predicted octanol–water partition coefficient (Wildman–Crippen LogP) is 11.1. The molecule has 3 N–H and O–H groups in total. The van der Waals surface area contributed by atoms with Gasteiger partial charge in [-0.3, -0.25) is 23.2 Å². The van der Waals surface area contributed by atoms with Crippen LogP contribution in [0.2, 0.25) is 0 Å². The number of unbranched alkanes of at least 4 members (excludes halogenated alkanes) is 18. The van der Waals surface area contributed by atoms with Crippen LogP contribution in [0.3, 0.4) is 0 Å². The summed E-state index contributed by atoms with van der Waals surface area (Å²) in [7, 11) is -4.20. The summed E-state index contributed by atoms with van der Waals surface area (Å²) in [5.41, 5.74) is -0.680. The Morgan fingerprint density at radius 3 is 1.72 bits per heavy atom. The summed E-state index contributed by atoms with van der Waals surface area (Å²) < 4.78 is 35.0. The van der Waals surface area contributed by atoms with E-state index in [0.717, 1.165) is 32.1 Å². The zero-order valence-corrected chi connectivity index (χ0v) is 36.0. The summed E-state index contributed by atoms with van der Waals surface area (Å²) in [6, 6.07) is -1.07. The number of alkyl carbamates (subject to hydrolysis) is 1. The SMILES string of the molecule is C=CCOP(=O)(OCCNC(=O)OC(C)(C)C)OC[C@H](NC(=O)CCCCCCCCCCC)C(=O)CCCC(O)CCCCCCCCCCCCC. The van der Waals surface area contributed by atoms with E-state index in [2.05, 4.69) is 31.1 Å². The first-order valence-electron chi connectivity index (χ1n) is 21.5. The van der Waals surface area contributed by atoms with E-state index < -0.39 is 38.3 Å². The largest absolute Gasteiger partial charge is 0.475 e. The molecule has 318 valence electrons. The number of carbonyl (C=O) groups is 3. The normalized spacial score (nSPS) is 13.9. The molecule has 2 amide bonds. The van der Waals surface area contributed by atoms with E-state index in [4.69, 9.17) is 18.3 Å². The van der Waals surface area contributed by atoms with Crippen molar-refractivity contribution in [3.8, 4) is 0 Å². The van der Waals surface area contributed by atoms with Crippen LogP contribution in [0.5, 0.6) is 0 Å². The molecule has 0 rings (SSSR count). The molecule has 0 aliphatic heterocycles. The lowest BCUT2D eigenvalue weighted by Gasteiger charge is -2.23. The van der Waals surface area contributed by atoms with Crippen LogP contribution in [0.4, 0.5) is 4.79 Å². The van der Waals surface area contributed by atoms with E-state index in [0.29, 0.717) is 25.7 Å². The van der Waals surface area contributed by atoms with Crippen molar-refractivity contribution in [3.63, 3.8) is 0 Å². The van der Waals surface area contributed by atoms with Gasteiger partial charge in [0, 0.05) is 19.4 Å². The summed E-state index contributed by atoms with van der Waals surface area (Å²) in [6.07, 6.45) is 26.1. The molecule has 12 heteroatoms. The average Bonchev–Trinajstić information content (AvgIpc) is 3.12. The summed E-state index contributed by atoms with van der Waals surface area (Å²) in [5.74, 6) is -0.556. The first-order chi connectivity index (χ1) is 25.9. The highest BCUT2D eigenvalue weighted by Gasteiger charge is 2.31. The lowest BCUT2D eigenvalue weighted by Crippen LogP contribution is -2.44. The molecule has 2 unspecified atom stereocenters. The Hall–Kier alpha value is -1.78. The van der Waals surface area contributed by atoms with Crippen LogP contribution in [0.1, 0.15) is 195 Å². The third-order valence-electron chi connectivity index (χ3n) is 9.10. The molecule has 0 spiro atoms. The average molecular weight is 789 g/mol. The standard InChI is InChI=1S/C42H81N2O9P/c1-7-10-12-14-16-18-19-21-22-24-26-29-37(45)30-28-31-39(46)38(44-40(47)32-27-25-23-20-17-15-13-11-8-2)36-52-54(49,50-34-9-3)51-35-33-43-41(48)53-42(4,5)6/h9,37-38,45H,3,7-8,10-36H2,1-2,4-6H3,(H,43,48)(H,44,47)/t37?,38-,54?/m0/s1. The molecule has 0 aromatic carbocycles. The van der Waals surface area contributed by atoms with Gasteiger partial charge in [-0.25, -0.2) is 9.36 Å². The Morgan fingerprint density at radius 1 is 0.704 bits per heavy atom. The van der Waals surface area contributed by atoms with Gasteiger partial charge >= 0.3 is 13.9 Å². The molecule has 0 aliphatic rings. The monoisotopic (exact) mass is 789 g/mol. The fraction of sp³-hybridized carbons (Fsp3) is 0.881.